The average molecular weight is 380 g/mol. The zero-order valence-electron chi connectivity index (χ0n) is 14.6. The van der Waals surface area contributed by atoms with Gasteiger partial charge in [0.05, 0.1) is 33.0 Å². The van der Waals surface area contributed by atoms with Gasteiger partial charge >= 0.3 is 16.6 Å². The number of nitrogens with zero attached hydrogens (tertiary/aromatic N) is 1. The molecule has 4 aliphatic heterocycles. The second-order valence-electron chi connectivity index (χ2n) is 7.29. The standard InChI is InChI=1S/C14H29N2O6PSi/c1-14(2)12-18-23(17,19-13-14)15-4-3-11-24-20-8-5-16(6-9-21-24)7-10-22-24/h3-13H2,1-2H3,(H,15,17). The summed E-state index contributed by atoms with van der Waals surface area (Å²) in [5.41, 5.74) is -0.0947. The van der Waals surface area contributed by atoms with Gasteiger partial charge in [-0.15, -0.1) is 0 Å². The molecule has 4 rings (SSSR count). The molecule has 140 valence electrons. The first kappa shape index (κ1) is 18.9. The third kappa shape index (κ3) is 5.09. The largest absolute Gasteiger partial charge is 0.501 e. The first-order valence-electron chi connectivity index (χ1n) is 8.69. The molecule has 0 amide bonds. The number of rotatable bonds is 5. The van der Waals surface area contributed by atoms with E-state index in [4.69, 9.17) is 22.3 Å². The predicted octanol–water partition coefficient (Wildman–Crippen LogP) is 1.47. The van der Waals surface area contributed by atoms with Crippen molar-refractivity contribution in [1.82, 2.24) is 9.99 Å². The molecule has 4 heterocycles. The van der Waals surface area contributed by atoms with Crippen LogP contribution in [0, 0.1) is 5.41 Å². The maximum atomic E-state index is 12.4. The van der Waals surface area contributed by atoms with E-state index in [9.17, 15) is 4.57 Å². The molecule has 0 aromatic heterocycles. The Balaban J connectivity index is 1.44. The smallest absolute Gasteiger partial charge is 0.372 e. The van der Waals surface area contributed by atoms with Crippen molar-refractivity contribution in [3.8, 4) is 0 Å². The van der Waals surface area contributed by atoms with Gasteiger partial charge < -0.3 is 13.3 Å². The van der Waals surface area contributed by atoms with E-state index >= 15 is 0 Å². The number of hydrogen-bond donors (Lipinski definition) is 1. The lowest BCUT2D eigenvalue weighted by Crippen LogP contribution is -2.55. The summed E-state index contributed by atoms with van der Waals surface area (Å²) < 4.78 is 41.2. The monoisotopic (exact) mass is 380 g/mol. The van der Waals surface area contributed by atoms with Crippen molar-refractivity contribution < 1.29 is 26.9 Å². The molecule has 0 saturated carbocycles. The normalized spacial score (nSPS) is 35.8. The molecule has 1 N–H and O–H groups in total. The van der Waals surface area contributed by atoms with Crippen LogP contribution in [0.5, 0.6) is 0 Å². The van der Waals surface area contributed by atoms with E-state index in [0.717, 1.165) is 26.1 Å². The lowest BCUT2D eigenvalue weighted by Gasteiger charge is -2.38. The van der Waals surface area contributed by atoms with Crippen molar-refractivity contribution in [2.45, 2.75) is 26.3 Å². The maximum absolute atomic E-state index is 12.4. The Hall–Kier alpha value is 0.167. The number of fused-ring (bicyclic) bond motifs is 6. The molecule has 10 heteroatoms. The molecular weight excluding hydrogens is 351 g/mol. The quantitative estimate of drug-likeness (QED) is 0.436. The average Bonchev–Trinajstić information content (AvgIpc) is 2.48. The summed E-state index contributed by atoms with van der Waals surface area (Å²) in [7, 11) is -5.77. The Bertz CT molecular complexity index is 440. The molecule has 0 atom stereocenters. The molecule has 0 aromatic carbocycles. The van der Waals surface area contributed by atoms with Gasteiger partial charge in [0.1, 0.15) is 0 Å². The van der Waals surface area contributed by atoms with Crippen molar-refractivity contribution in [1.29, 1.82) is 0 Å². The fourth-order valence-corrected chi connectivity index (χ4v) is 7.11. The fraction of sp³-hybridized carbons (Fsp3) is 1.00. The molecule has 4 saturated heterocycles. The highest BCUT2D eigenvalue weighted by molar-refractivity contribution is 7.51. The predicted molar refractivity (Wildman–Crippen MR) is 90.8 cm³/mol. The molecule has 0 aromatic rings. The summed E-state index contributed by atoms with van der Waals surface area (Å²) >= 11 is 0. The summed E-state index contributed by atoms with van der Waals surface area (Å²) in [6.45, 7) is 10.2. The van der Waals surface area contributed by atoms with Gasteiger partial charge in [0, 0.05) is 37.6 Å². The maximum Gasteiger partial charge on any atom is 0.501 e. The van der Waals surface area contributed by atoms with Crippen LogP contribution in [-0.2, 0) is 26.9 Å². The van der Waals surface area contributed by atoms with E-state index in [1.54, 1.807) is 0 Å². The van der Waals surface area contributed by atoms with E-state index < -0.39 is 16.6 Å². The van der Waals surface area contributed by atoms with Gasteiger partial charge in [-0.3, -0.25) is 13.9 Å². The molecule has 4 aliphatic rings. The van der Waals surface area contributed by atoms with Gasteiger partial charge in [0.25, 0.3) is 0 Å². The third-order valence-corrected chi connectivity index (χ3v) is 8.85. The highest BCUT2D eigenvalue weighted by Crippen LogP contribution is 2.49. The summed E-state index contributed by atoms with van der Waals surface area (Å²) in [5.74, 6) is 0. The van der Waals surface area contributed by atoms with Gasteiger partial charge in [-0.05, 0) is 6.42 Å². The van der Waals surface area contributed by atoms with E-state index in [1.807, 2.05) is 13.8 Å². The number of hydrogen-bond acceptors (Lipinski definition) is 7. The van der Waals surface area contributed by atoms with E-state index in [1.165, 1.54) is 0 Å². The lowest BCUT2D eigenvalue weighted by atomic mass is 9.97. The van der Waals surface area contributed by atoms with Crippen LogP contribution in [0.3, 0.4) is 0 Å². The summed E-state index contributed by atoms with van der Waals surface area (Å²) in [5, 5.41) is 2.93. The molecular formula is C14H29N2O6PSi. The van der Waals surface area contributed by atoms with E-state index in [0.29, 0.717) is 45.6 Å². The second-order valence-corrected chi connectivity index (χ2v) is 11.8. The SMILES string of the molecule is CC1(C)COP(=O)(NCCC[Si]23OCCN(CCO2)CCO3)OC1. The molecule has 0 spiro atoms. The minimum atomic E-state index is -3.17. The van der Waals surface area contributed by atoms with Gasteiger partial charge in [-0.1, -0.05) is 13.8 Å². The van der Waals surface area contributed by atoms with Crippen LogP contribution < -0.4 is 5.09 Å². The third-order valence-electron chi connectivity index (χ3n) is 4.40. The van der Waals surface area contributed by atoms with Crippen LogP contribution in [-0.4, -0.2) is 72.9 Å². The van der Waals surface area contributed by atoms with Crippen LogP contribution >= 0.6 is 7.75 Å². The Morgan fingerprint density at radius 1 is 1.04 bits per heavy atom. The minimum Gasteiger partial charge on any atom is -0.372 e. The topological polar surface area (TPSA) is 78.5 Å². The van der Waals surface area contributed by atoms with Crippen LogP contribution in [0.1, 0.15) is 20.3 Å². The van der Waals surface area contributed by atoms with Crippen molar-refractivity contribution in [2.24, 2.45) is 5.41 Å². The molecule has 0 aliphatic carbocycles. The molecule has 2 bridgehead atoms. The Morgan fingerprint density at radius 3 is 2.12 bits per heavy atom. The van der Waals surface area contributed by atoms with Crippen LogP contribution in [0.15, 0.2) is 0 Å². The van der Waals surface area contributed by atoms with Gasteiger partial charge in [-0.2, -0.15) is 0 Å². The van der Waals surface area contributed by atoms with Crippen LogP contribution in [0.25, 0.3) is 0 Å². The first-order chi connectivity index (χ1) is 11.4. The Labute approximate surface area is 145 Å². The van der Waals surface area contributed by atoms with Gasteiger partial charge in [0.15, 0.2) is 0 Å². The van der Waals surface area contributed by atoms with Crippen LogP contribution in [0.4, 0.5) is 0 Å². The summed E-state index contributed by atoms with van der Waals surface area (Å²) in [4.78, 5) is 2.30. The van der Waals surface area contributed by atoms with E-state index in [-0.39, 0.29) is 5.41 Å². The van der Waals surface area contributed by atoms with Gasteiger partial charge in [-0.25, -0.2) is 9.65 Å². The Morgan fingerprint density at radius 2 is 1.58 bits per heavy atom. The Kier molecular flexibility index (Phi) is 6.17. The summed E-state index contributed by atoms with van der Waals surface area (Å²) in [6.07, 6.45) is 0.746. The molecule has 4 fully saturated rings. The highest BCUT2D eigenvalue weighted by atomic mass is 31.2. The van der Waals surface area contributed by atoms with Crippen molar-refractivity contribution >= 4 is 16.6 Å². The lowest BCUT2D eigenvalue weighted by molar-refractivity contribution is -0.00855. The van der Waals surface area contributed by atoms with E-state index in [2.05, 4.69) is 9.99 Å². The molecule has 24 heavy (non-hydrogen) atoms. The zero-order valence-corrected chi connectivity index (χ0v) is 16.5. The molecule has 0 unspecified atom stereocenters. The minimum absolute atomic E-state index is 0.0947. The van der Waals surface area contributed by atoms with Crippen LogP contribution in [0.2, 0.25) is 6.04 Å². The van der Waals surface area contributed by atoms with Crippen molar-refractivity contribution in [3.05, 3.63) is 0 Å². The van der Waals surface area contributed by atoms with Crippen molar-refractivity contribution in [3.63, 3.8) is 0 Å². The number of nitrogens with one attached hydrogen (secondary N) is 1. The fourth-order valence-electron chi connectivity index (χ4n) is 2.88. The molecule has 8 nitrogen and oxygen atoms in total. The van der Waals surface area contributed by atoms with Gasteiger partial charge in [0.2, 0.25) is 0 Å². The first-order valence-corrected chi connectivity index (χ1v) is 12.2. The highest BCUT2D eigenvalue weighted by Gasteiger charge is 2.43. The second kappa shape index (κ2) is 7.81. The van der Waals surface area contributed by atoms with Crippen molar-refractivity contribution in [2.75, 3.05) is 59.2 Å². The zero-order chi connectivity index (χ0) is 17.1. The summed E-state index contributed by atoms with van der Waals surface area (Å²) in [6, 6.07) is 0.714. The molecule has 0 radical (unpaired) electrons.